The molecule has 0 amide bonds. The summed E-state index contributed by atoms with van der Waals surface area (Å²) in [6, 6.07) is 0. The minimum Gasteiger partial charge on any atom is -0.352 e. The standard InChI is InChI=1S/C8H15N5S/c1-13-8(10-11-12-13)9-6-7-4-2-3-5-14-7/h7H,2-6H2,1H3,(H,9,10,12). The van der Waals surface area contributed by atoms with E-state index in [1.54, 1.807) is 4.68 Å². The van der Waals surface area contributed by atoms with Crippen LogP contribution in [0.25, 0.3) is 0 Å². The Kier molecular flexibility index (Phi) is 3.23. The zero-order valence-corrected chi connectivity index (χ0v) is 9.13. The van der Waals surface area contributed by atoms with E-state index < -0.39 is 0 Å². The fourth-order valence-corrected chi connectivity index (χ4v) is 2.79. The van der Waals surface area contributed by atoms with Crippen LogP contribution < -0.4 is 5.32 Å². The smallest absolute Gasteiger partial charge is 0.242 e. The first-order chi connectivity index (χ1) is 6.86. The van der Waals surface area contributed by atoms with Gasteiger partial charge in [-0.25, -0.2) is 4.68 Å². The van der Waals surface area contributed by atoms with Crippen molar-refractivity contribution < 1.29 is 0 Å². The minimum atomic E-state index is 0.723. The lowest BCUT2D eigenvalue weighted by Crippen LogP contribution is -2.21. The van der Waals surface area contributed by atoms with Crippen molar-refractivity contribution in [1.29, 1.82) is 0 Å². The fraction of sp³-hybridized carbons (Fsp3) is 0.875. The highest BCUT2D eigenvalue weighted by molar-refractivity contribution is 7.99. The van der Waals surface area contributed by atoms with Crippen LogP contribution in [0.1, 0.15) is 19.3 Å². The molecule has 6 heteroatoms. The molecule has 1 aliphatic heterocycles. The summed E-state index contributed by atoms with van der Waals surface area (Å²) in [5, 5.41) is 15.2. The molecular weight excluding hydrogens is 198 g/mol. The van der Waals surface area contributed by atoms with Gasteiger partial charge in [0.15, 0.2) is 0 Å². The summed E-state index contributed by atoms with van der Waals surface area (Å²) in [5.41, 5.74) is 0. The van der Waals surface area contributed by atoms with Gasteiger partial charge in [0.2, 0.25) is 5.95 Å². The normalized spacial score (nSPS) is 22.2. The lowest BCUT2D eigenvalue weighted by atomic mass is 10.2. The van der Waals surface area contributed by atoms with Crippen LogP contribution in [0, 0.1) is 0 Å². The average Bonchev–Trinajstić information content (AvgIpc) is 2.63. The van der Waals surface area contributed by atoms with Gasteiger partial charge < -0.3 is 5.32 Å². The zero-order chi connectivity index (χ0) is 9.80. The SMILES string of the molecule is Cn1nnnc1NCC1CCCCS1. The molecule has 0 spiro atoms. The topological polar surface area (TPSA) is 55.6 Å². The molecule has 1 aliphatic rings. The van der Waals surface area contributed by atoms with Crippen molar-refractivity contribution in [3.8, 4) is 0 Å². The molecule has 1 N–H and O–H groups in total. The largest absolute Gasteiger partial charge is 0.352 e. The molecule has 2 heterocycles. The second-order valence-corrected chi connectivity index (χ2v) is 4.90. The Hall–Kier alpha value is -0.780. The molecule has 1 atom stereocenters. The second-order valence-electron chi connectivity index (χ2n) is 3.50. The molecule has 0 radical (unpaired) electrons. The summed E-state index contributed by atoms with van der Waals surface area (Å²) in [6.45, 7) is 0.971. The molecule has 1 saturated heterocycles. The molecule has 14 heavy (non-hydrogen) atoms. The summed E-state index contributed by atoms with van der Waals surface area (Å²) in [5.74, 6) is 2.06. The molecule has 1 fully saturated rings. The van der Waals surface area contributed by atoms with Crippen LogP contribution >= 0.6 is 11.8 Å². The summed E-state index contributed by atoms with van der Waals surface area (Å²) in [7, 11) is 1.84. The van der Waals surface area contributed by atoms with E-state index in [1.807, 2.05) is 7.05 Å². The van der Waals surface area contributed by atoms with Crippen LogP contribution in [0.4, 0.5) is 5.95 Å². The molecular formula is C8H15N5S. The third kappa shape index (κ3) is 2.37. The van der Waals surface area contributed by atoms with Gasteiger partial charge in [0.25, 0.3) is 0 Å². The first-order valence-corrected chi connectivity index (χ1v) is 5.99. The number of anilines is 1. The lowest BCUT2D eigenvalue weighted by Gasteiger charge is -2.21. The molecule has 0 saturated carbocycles. The molecule has 2 rings (SSSR count). The maximum absolute atomic E-state index is 3.88. The molecule has 0 bridgehead atoms. The van der Waals surface area contributed by atoms with E-state index in [4.69, 9.17) is 0 Å². The van der Waals surface area contributed by atoms with Crippen molar-refractivity contribution in [2.24, 2.45) is 7.05 Å². The van der Waals surface area contributed by atoms with Crippen LogP contribution in [0.15, 0.2) is 0 Å². The van der Waals surface area contributed by atoms with Crippen molar-refractivity contribution in [2.45, 2.75) is 24.5 Å². The summed E-state index contributed by atoms with van der Waals surface area (Å²) in [6.07, 6.45) is 4.03. The zero-order valence-electron chi connectivity index (χ0n) is 8.31. The molecule has 0 aromatic carbocycles. The van der Waals surface area contributed by atoms with Crippen LogP contribution in [0.2, 0.25) is 0 Å². The molecule has 1 unspecified atom stereocenters. The average molecular weight is 213 g/mol. The van der Waals surface area contributed by atoms with Crippen molar-refractivity contribution in [2.75, 3.05) is 17.6 Å². The van der Waals surface area contributed by atoms with E-state index in [0.29, 0.717) is 0 Å². The summed E-state index contributed by atoms with van der Waals surface area (Å²) >= 11 is 2.05. The molecule has 1 aromatic heterocycles. The molecule has 78 valence electrons. The van der Waals surface area contributed by atoms with Crippen molar-refractivity contribution in [1.82, 2.24) is 20.2 Å². The Morgan fingerprint density at radius 3 is 3.14 bits per heavy atom. The number of hydrogen-bond acceptors (Lipinski definition) is 5. The van der Waals surface area contributed by atoms with Gasteiger partial charge in [-0.05, 0) is 29.0 Å². The van der Waals surface area contributed by atoms with Gasteiger partial charge in [-0.15, -0.1) is 0 Å². The summed E-state index contributed by atoms with van der Waals surface area (Å²) in [4.78, 5) is 0. The quantitative estimate of drug-likeness (QED) is 0.808. The number of tetrazole rings is 1. The Labute approximate surface area is 87.6 Å². The Bertz CT molecular complexity index is 281. The van der Waals surface area contributed by atoms with E-state index in [0.717, 1.165) is 17.7 Å². The highest BCUT2D eigenvalue weighted by Crippen LogP contribution is 2.24. The van der Waals surface area contributed by atoms with E-state index in [2.05, 4.69) is 32.6 Å². The highest BCUT2D eigenvalue weighted by Gasteiger charge is 2.14. The first-order valence-electron chi connectivity index (χ1n) is 4.94. The van der Waals surface area contributed by atoms with Gasteiger partial charge in [-0.1, -0.05) is 11.5 Å². The van der Waals surface area contributed by atoms with Gasteiger partial charge in [0, 0.05) is 18.8 Å². The van der Waals surface area contributed by atoms with Crippen molar-refractivity contribution >= 4 is 17.7 Å². The maximum atomic E-state index is 3.88. The van der Waals surface area contributed by atoms with Gasteiger partial charge in [0.1, 0.15) is 0 Å². The molecule has 5 nitrogen and oxygen atoms in total. The molecule has 1 aromatic rings. The monoisotopic (exact) mass is 213 g/mol. The van der Waals surface area contributed by atoms with E-state index >= 15 is 0 Å². The predicted octanol–water partition coefficient (Wildman–Crippen LogP) is 0.908. The van der Waals surface area contributed by atoms with Crippen LogP contribution in [-0.4, -0.2) is 37.8 Å². The predicted molar refractivity (Wildman–Crippen MR) is 57.4 cm³/mol. The third-order valence-electron chi connectivity index (χ3n) is 2.38. The van der Waals surface area contributed by atoms with Crippen molar-refractivity contribution in [3.63, 3.8) is 0 Å². The van der Waals surface area contributed by atoms with Crippen LogP contribution in [0.3, 0.4) is 0 Å². The highest BCUT2D eigenvalue weighted by atomic mass is 32.2. The fourth-order valence-electron chi connectivity index (χ4n) is 1.55. The van der Waals surface area contributed by atoms with E-state index in [9.17, 15) is 0 Å². The number of nitrogens with zero attached hydrogens (tertiary/aromatic N) is 4. The Morgan fingerprint density at radius 2 is 2.50 bits per heavy atom. The Morgan fingerprint density at radius 1 is 1.57 bits per heavy atom. The summed E-state index contributed by atoms with van der Waals surface area (Å²) < 4.78 is 1.66. The third-order valence-corrected chi connectivity index (χ3v) is 3.78. The van der Waals surface area contributed by atoms with Gasteiger partial charge in [-0.3, -0.25) is 0 Å². The Balaban J connectivity index is 1.79. The number of aromatic nitrogens is 4. The van der Waals surface area contributed by atoms with Gasteiger partial charge >= 0.3 is 0 Å². The number of rotatable bonds is 3. The van der Waals surface area contributed by atoms with Crippen LogP contribution in [-0.2, 0) is 7.05 Å². The van der Waals surface area contributed by atoms with Crippen molar-refractivity contribution in [3.05, 3.63) is 0 Å². The lowest BCUT2D eigenvalue weighted by molar-refractivity contribution is 0.670. The second kappa shape index (κ2) is 4.63. The number of hydrogen-bond donors (Lipinski definition) is 1. The maximum Gasteiger partial charge on any atom is 0.242 e. The number of nitrogens with one attached hydrogen (secondary N) is 1. The van der Waals surface area contributed by atoms with E-state index in [-0.39, 0.29) is 0 Å². The van der Waals surface area contributed by atoms with Crippen LogP contribution in [0.5, 0.6) is 0 Å². The number of aryl methyl sites for hydroxylation is 1. The van der Waals surface area contributed by atoms with Gasteiger partial charge in [-0.2, -0.15) is 11.8 Å². The number of thioether (sulfide) groups is 1. The minimum absolute atomic E-state index is 0.723. The van der Waals surface area contributed by atoms with E-state index in [1.165, 1.54) is 25.0 Å². The first kappa shape index (κ1) is 9.76. The molecule has 0 aliphatic carbocycles. The van der Waals surface area contributed by atoms with Gasteiger partial charge in [0.05, 0.1) is 0 Å².